The van der Waals surface area contributed by atoms with Gasteiger partial charge in [-0.15, -0.1) is 0 Å². The van der Waals surface area contributed by atoms with Gasteiger partial charge in [0.05, 0.1) is 26.0 Å². The number of ether oxygens (including phenoxy) is 1. The zero-order valence-corrected chi connectivity index (χ0v) is 9.14. The normalized spacial score (nSPS) is 10.0. The molecule has 0 aliphatic heterocycles. The van der Waals surface area contributed by atoms with E-state index in [0.717, 1.165) is 11.1 Å². The molecule has 0 radical (unpaired) electrons. The van der Waals surface area contributed by atoms with E-state index in [-0.39, 0.29) is 12.4 Å². The Hall–Kier alpha value is -2.08. The molecular formula is C13H13NO2. The molecule has 82 valence electrons. The molecule has 0 heterocycles. The first-order valence-electron chi connectivity index (χ1n) is 4.95. The van der Waals surface area contributed by atoms with Crippen molar-refractivity contribution < 1.29 is 9.53 Å². The first kappa shape index (κ1) is 12.0. The largest absolute Gasteiger partial charge is 0.469 e. The van der Waals surface area contributed by atoms with Crippen LogP contribution in [0.2, 0.25) is 0 Å². The highest BCUT2D eigenvalue weighted by Gasteiger charge is 2.02. The number of carbonyl (C=O) groups is 1. The summed E-state index contributed by atoms with van der Waals surface area (Å²) in [5, 5.41) is 8.39. The Morgan fingerprint density at radius 1 is 1.56 bits per heavy atom. The molecule has 0 aliphatic carbocycles. The van der Waals surface area contributed by atoms with Gasteiger partial charge < -0.3 is 4.74 Å². The van der Waals surface area contributed by atoms with Gasteiger partial charge in [0, 0.05) is 0 Å². The van der Waals surface area contributed by atoms with E-state index in [2.05, 4.69) is 4.74 Å². The van der Waals surface area contributed by atoms with Crippen LogP contribution in [0.5, 0.6) is 0 Å². The second kappa shape index (κ2) is 6.41. The number of nitrogens with zero attached hydrogens (tertiary/aromatic N) is 1. The summed E-state index contributed by atoms with van der Waals surface area (Å²) in [5.41, 5.74) is 1.89. The second-order valence-corrected chi connectivity index (χ2v) is 3.26. The lowest BCUT2D eigenvalue weighted by Gasteiger charge is -2.01. The number of esters is 1. The van der Waals surface area contributed by atoms with Crippen LogP contribution in [0.3, 0.4) is 0 Å². The van der Waals surface area contributed by atoms with Crippen molar-refractivity contribution in [1.29, 1.82) is 5.26 Å². The van der Waals surface area contributed by atoms with Crippen LogP contribution in [0.15, 0.2) is 30.3 Å². The highest BCUT2D eigenvalue weighted by Crippen LogP contribution is 2.08. The van der Waals surface area contributed by atoms with Gasteiger partial charge in [0.25, 0.3) is 0 Å². The molecular weight excluding hydrogens is 202 g/mol. The van der Waals surface area contributed by atoms with E-state index in [1.165, 1.54) is 7.11 Å². The zero-order valence-electron chi connectivity index (χ0n) is 9.14. The molecule has 1 aromatic carbocycles. The van der Waals surface area contributed by atoms with Crippen LogP contribution >= 0.6 is 0 Å². The van der Waals surface area contributed by atoms with Crippen molar-refractivity contribution in [3.05, 3.63) is 41.5 Å². The highest BCUT2D eigenvalue weighted by molar-refractivity contribution is 5.72. The van der Waals surface area contributed by atoms with Crippen LogP contribution in [-0.4, -0.2) is 13.1 Å². The molecule has 16 heavy (non-hydrogen) atoms. The number of benzene rings is 1. The Kier molecular flexibility index (Phi) is 4.81. The number of allylic oxidation sites excluding steroid dienone is 1. The molecule has 0 spiro atoms. The number of carbonyl (C=O) groups excluding carboxylic acids is 1. The maximum absolute atomic E-state index is 11.1. The van der Waals surface area contributed by atoms with Gasteiger partial charge in [0.2, 0.25) is 0 Å². The minimum absolute atomic E-state index is 0.252. The molecule has 3 nitrogen and oxygen atoms in total. The third-order valence-electron chi connectivity index (χ3n) is 2.05. The molecule has 0 N–H and O–H groups in total. The summed E-state index contributed by atoms with van der Waals surface area (Å²) in [6.45, 7) is 0. The summed E-state index contributed by atoms with van der Waals surface area (Å²) in [6, 6.07) is 9.62. The molecule has 0 unspecified atom stereocenters. The molecule has 0 aliphatic rings. The monoisotopic (exact) mass is 215 g/mol. The van der Waals surface area contributed by atoms with Crippen molar-refractivity contribution in [3.63, 3.8) is 0 Å². The summed E-state index contributed by atoms with van der Waals surface area (Å²) in [7, 11) is 1.37. The van der Waals surface area contributed by atoms with Crippen LogP contribution in [0.4, 0.5) is 0 Å². The third-order valence-corrected chi connectivity index (χ3v) is 2.05. The lowest BCUT2D eigenvalue weighted by atomic mass is 10.1. The van der Waals surface area contributed by atoms with Crippen LogP contribution < -0.4 is 0 Å². The molecule has 0 saturated carbocycles. The van der Waals surface area contributed by atoms with E-state index in [1.807, 2.05) is 36.4 Å². The molecule has 1 rings (SSSR count). The Balaban J connectivity index is 2.71. The SMILES string of the molecule is COC(=O)Cc1cccc(C=CCC#N)c1. The van der Waals surface area contributed by atoms with E-state index in [1.54, 1.807) is 6.08 Å². The van der Waals surface area contributed by atoms with Crippen molar-refractivity contribution in [1.82, 2.24) is 0 Å². The topological polar surface area (TPSA) is 50.1 Å². The van der Waals surface area contributed by atoms with E-state index in [4.69, 9.17) is 5.26 Å². The summed E-state index contributed by atoms with van der Waals surface area (Å²) in [4.78, 5) is 11.1. The van der Waals surface area contributed by atoms with Gasteiger partial charge in [-0.2, -0.15) is 5.26 Å². The predicted octanol–water partition coefficient (Wildman–Crippen LogP) is 2.33. The maximum Gasteiger partial charge on any atom is 0.309 e. The molecule has 1 aromatic rings. The minimum atomic E-state index is -0.252. The zero-order chi connectivity index (χ0) is 11.8. The maximum atomic E-state index is 11.1. The fraction of sp³-hybridized carbons (Fsp3) is 0.231. The number of methoxy groups -OCH3 is 1. The number of nitriles is 1. The quantitative estimate of drug-likeness (QED) is 0.724. The number of hydrogen-bond acceptors (Lipinski definition) is 3. The van der Waals surface area contributed by atoms with Crippen molar-refractivity contribution >= 4 is 12.0 Å². The van der Waals surface area contributed by atoms with Gasteiger partial charge >= 0.3 is 5.97 Å². The average molecular weight is 215 g/mol. The van der Waals surface area contributed by atoms with Crippen LogP contribution in [-0.2, 0) is 16.0 Å². The van der Waals surface area contributed by atoms with Crippen LogP contribution in [0, 0.1) is 11.3 Å². The molecule has 0 aromatic heterocycles. The summed E-state index contributed by atoms with van der Waals surface area (Å²) < 4.78 is 4.59. The van der Waals surface area contributed by atoms with Crippen LogP contribution in [0.1, 0.15) is 17.5 Å². The summed E-state index contributed by atoms with van der Waals surface area (Å²) in [5.74, 6) is -0.252. The first-order chi connectivity index (χ1) is 7.76. The van der Waals surface area contributed by atoms with Gasteiger partial charge in [0.1, 0.15) is 0 Å². The smallest absolute Gasteiger partial charge is 0.309 e. The standard InChI is InChI=1S/C13H13NO2/c1-16-13(15)10-12-7-4-6-11(9-12)5-2-3-8-14/h2,4-7,9H,3,10H2,1H3. The molecule has 0 atom stereocenters. The first-order valence-corrected chi connectivity index (χ1v) is 4.95. The van der Waals surface area contributed by atoms with Gasteiger partial charge in [-0.3, -0.25) is 4.79 Å². The lowest BCUT2D eigenvalue weighted by Crippen LogP contribution is -2.04. The van der Waals surface area contributed by atoms with Gasteiger partial charge in [0.15, 0.2) is 0 Å². The van der Waals surface area contributed by atoms with E-state index < -0.39 is 0 Å². The van der Waals surface area contributed by atoms with E-state index in [9.17, 15) is 4.79 Å². The van der Waals surface area contributed by atoms with Gasteiger partial charge in [-0.05, 0) is 11.1 Å². The van der Waals surface area contributed by atoms with E-state index >= 15 is 0 Å². The van der Waals surface area contributed by atoms with Gasteiger partial charge in [-0.1, -0.05) is 36.4 Å². The third kappa shape index (κ3) is 3.97. The van der Waals surface area contributed by atoms with Crippen molar-refractivity contribution in [2.24, 2.45) is 0 Å². The second-order valence-electron chi connectivity index (χ2n) is 3.26. The molecule has 0 fully saturated rings. The number of rotatable bonds is 4. The van der Waals surface area contributed by atoms with Crippen molar-refractivity contribution in [2.45, 2.75) is 12.8 Å². The molecule has 0 saturated heterocycles. The lowest BCUT2D eigenvalue weighted by molar-refractivity contribution is -0.139. The Morgan fingerprint density at radius 2 is 2.38 bits per heavy atom. The fourth-order valence-electron chi connectivity index (χ4n) is 1.29. The molecule has 3 heteroatoms. The predicted molar refractivity (Wildman–Crippen MR) is 61.4 cm³/mol. The molecule has 0 bridgehead atoms. The minimum Gasteiger partial charge on any atom is -0.469 e. The Morgan fingerprint density at radius 3 is 3.06 bits per heavy atom. The average Bonchev–Trinajstić information content (AvgIpc) is 2.30. The fourth-order valence-corrected chi connectivity index (χ4v) is 1.29. The Labute approximate surface area is 95.0 Å². The Bertz CT molecular complexity index is 430. The molecule has 0 amide bonds. The summed E-state index contributed by atoms with van der Waals surface area (Å²) >= 11 is 0. The van der Waals surface area contributed by atoms with Crippen molar-refractivity contribution in [2.75, 3.05) is 7.11 Å². The van der Waals surface area contributed by atoms with Crippen LogP contribution in [0.25, 0.3) is 6.08 Å². The highest BCUT2D eigenvalue weighted by atomic mass is 16.5. The van der Waals surface area contributed by atoms with Crippen molar-refractivity contribution in [3.8, 4) is 6.07 Å². The summed E-state index contributed by atoms with van der Waals surface area (Å²) in [6.07, 6.45) is 4.32. The van der Waals surface area contributed by atoms with E-state index in [0.29, 0.717) is 6.42 Å². The number of hydrogen-bond donors (Lipinski definition) is 0. The van der Waals surface area contributed by atoms with Gasteiger partial charge in [-0.25, -0.2) is 0 Å².